The summed E-state index contributed by atoms with van der Waals surface area (Å²) in [7, 11) is 0. The van der Waals surface area contributed by atoms with Crippen LogP contribution >= 0.6 is 23.2 Å². The lowest BCUT2D eigenvalue weighted by Crippen LogP contribution is -2.41. The van der Waals surface area contributed by atoms with Crippen molar-refractivity contribution in [3.8, 4) is 11.4 Å². The van der Waals surface area contributed by atoms with Gasteiger partial charge in [-0.2, -0.15) is 0 Å². The molecule has 0 unspecified atom stereocenters. The van der Waals surface area contributed by atoms with E-state index in [-0.39, 0.29) is 15.6 Å². The minimum absolute atomic E-state index is 0.0755. The van der Waals surface area contributed by atoms with Gasteiger partial charge in [0.1, 0.15) is 0 Å². The molecule has 10 heteroatoms. The predicted octanol–water partition coefficient (Wildman–Crippen LogP) is 4.91. The molecule has 2 heterocycles. The van der Waals surface area contributed by atoms with Crippen LogP contribution < -0.4 is 16.2 Å². The van der Waals surface area contributed by atoms with Crippen LogP contribution in [0, 0.1) is 6.92 Å². The van der Waals surface area contributed by atoms with Gasteiger partial charge >= 0.3 is 0 Å². The van der Waals surface area contributed by atoms with Crippen molar-refractivity contribution in [1.29, 1.82) is 0 Å². The number of amides is 2. The van der Waals surface area contributed by atoms with Crippen LogP contribution in [0.2, 0.25) is 10.0 Å². The van der Waals surface area contributed by atoms with Gasteiger partial charge < -0.3 is 10.3 Å². The van der Waals surface area contributed by atoms with Crippen LogP contribution in [-0.2, 0) is 0 Å². The van der Waals surface area contributed by atoms with Crippen LogP contribution in [0.15, 0.2) is 67.0 Å². The summed E-state index contributed by atoms with van der Waals surface area (Å²) in [5.74, 6) is -0.765. The Hall–Kier alpha value is -3.88. The van der Waals surface area contributed by atoms with Crippen molar-refractivity contribution in [1.82, 2.24) is 25.8 Å². The molecule has 4 rings (SSSR count). The normalized spacial score (nSPS) is 10.5. The van der Waals surface area contributed by atoms with Crippen LogP contribution in [0.3, 0.4) is 0 Å². The van der Waals surface area contributed by atoms with E-state index in [1.165, 1.54) is 12.1 Å². The van der Waals surface area contributed by atoms with Gasteiger partial charge in [0, 0.05) is 23.6 Å². The Morgan fingerprint density at radius 2 is 1.70 bits per heavy atom. The highest BCUT2D eigenvalue weighted by atomic mass is 35.5. The summed E-state index contributed by atoms with van der Waals surface area (Å²) < 4.78 is 0. The molecule has 0 bridgehead atoms. The Labute approximate surface area is 199 Å². The van der Waals surface area contributed by atoms with Crippen LogP contribution in [0.5, 0.6) is 0 Å². The zero-order valence-corrected chi connectivity index (χ0v) is 18.8. The number of carbonyl (C=O) groups is 2. The maximum atomic E-state index is 12.6. The molecule has 33 heavy (non-hydrogen) atoms. The lowest BCUT2D eigenvalue weighted by molar-refractivity contribution is 0.0847. The van der Waals surface area contributed by atoms with E-state index < -0.39 is 11.8 Å². The fourth-order valence-electron chi connectivity index (χ4n) is 3.04. The molecule has 0 atom stereocenters. The van der Waals surface area contributed by atoms with Gasteiger partial charge in [0.2, 0.25) is 5.95 Å². The summed E-state index contributed by atoms with van der Waals surface area (Å²) in [6.07, 6.45) is 3.46. The molecule has 0 fully saturated rings. The number of aromatic amines is 1. The third kappa shape index (κ3) is 5.14. The number of hydrogen-bond donors (Lipinski definition) is 4. The fraction of sp³-hybridized carbons (Fsp3) is 0.0435. The summed E-state index contributed by atoms with van der Waals surface area (Å²) in [4.78, 5) is 36.9. The molecule has 0 saturated heterocycles. The van der Waals surface area contributed by atoms with E-state index in [1.54, 1.807) is 36.5 Å². The molecule has 2 aromatic heterocycles. The summed E-state index contributed by atoms with van der Waals surface area (Å²) in [6.45, 7) is 1.89. The van der Waals surface area contributed by atoms with E-state index in [4.69, 9.17) is 23.2 Å². The van der Waals surface area contributed by atoms with E-state index in [2.05, 4.69) is 31.1 Å². The van der Waals surface area contributed by atoms with E-state index in [0.717, 1.165) is 17.0 Å². The zero-order valence-electron chi connectivity index (χ0n) is 17.3. The smallest absolute Gasteiger partial charge is 0.272 e. The largest absolute Gasteiger partial charge is 0.360 e. The van der Waals surface area contributed by atoms with E-state index in [9.17, 15) is 9.59 Å². The average molecular weight is 481 g/mol. The molecule has 8 nitrogen and oxygen atoms in total. The van der Waals surface area contributed by atoms with Crippen molar-refractivity contribution in [2.75, 3.05) is 5.32 Å². The second kappa shape index (κ2) is 9.72. The molecule has 0 aliphatic carbocycles. The second-order valence-electron chi connectivity index (χ2n) is 7.01. The van der Waals surface area contributed by atoms with Gasteiger partial charge in [0.05, 0.1) is 27.0 Å². The standard InChI is InChI=1S/C23H18Cl2N6O2/c1-13-7-8-14(21(32)30-31-22(33)20-15(24)4-2-5-16(20)25)12-19(13)29-23-27-11-9-18(28-23)17-6-3-10-26-17/h2-12,26H,1H3,(H,30,32)(H,31,33)(H,27,28,29). The molecular weight excluding hydrogens is 463 g/mol. The van der Waals surface area contributed by atoms with Crippen molar-refractivity contribution in [2.24, 2.45) is 0 Å². The zero-order chi connectivity index (χ0) is 23.4. The Morgan fingerprint density at radius 1 is 0.939 bits per heavy atom. The van der Waals surface area contributed by atoms with Crippen LogP contribution in [-0.4, -0.2) is 26.8 Å². The number of hydrogen-bond acceptors (Lipinski definition) is 5. The highest BCUT2D eigenvalue weighted by molar-refractivity contribution is 6.39. The average Bonchev–Trinajstić information content (AvgIpc) is 3.34. The Morgan fingerprint density at radius 3 is 2.42 bits per heavy atom. The van der Waals surface area contributed by atoms with E-state index in [1.807, 2.05) is 25.3 Å². The summed E-state index contributed by atoms with van der Waals surface area (Å²) in [5.41, 5.74) is 8.20. The maximum Gasteiger partial charge on any atom is 0.272 e. The number of anilines is 2. The first kappa shape index (κ1) is 22.3. The molecular formula is C23H18Cl2N6O2. The first-order chi connectivity index (χ1) is 15.9. The number of nitrogens with one attached hydrogen (secondary N) is 4. The third-order valence-electron chi connectivity index (χ3n) is 4.76. The summed E-state index contributed by atoms with van der Waals surface area (Å²) in [5, 5.41) is 3.49. The molecule has 4 N–H and O–H groups in total. The number of H-pyrrole nitrogens is 1. The molecule has 4 aromatic rings. The number of carbonyl (C=O) groups excluding carboxylic acids is 2. The van der Waals surface area contributed by atoms with Crippen LogP contribution in [0.1, 0.15) is 26.3 Å². The van der Waals surface area contributed by atoms with Gasteiger partial charge in [0.25, 0.3) is 11.8 Å². The molecule has 2 amide bonds. The van der Waals surface area contributed by atoms with E-state index >= 15 is 0 Å². The molecule has 0 spiro atoms. The van der Waals surface area contributed by atoms with Crippen LogP contribution in [0.25, 0.3) is 11.4 Å². The maximum absolute atomic E-state index is 12.6. The lowest BCUT2D eigenvalue weighted by atomic mass is 10.1. The fourth-order valence-corrected chi connectivity index (χ4v) is 3.61. The molecule has 0 radical (unpaired) electrons. The number of halogens is 2. The number of hydrazine groups is 1. The Balaban J connectivity index is 1.47. The van der Waals surface area contributed by atoms with Crippen molar-refractivity contribution in [3.05, 3.63) is 93.7 Å². The van der Waals surface area contributed by atoms with Gasteiger partial charge in [-0.05, 0) is 55.0 Å². The van der Waals surface area contributed by atoms with Gasteiger partial charge in [0.15, 0.2) is 0 Å². The summed E-state index contributed by atoms with van der Waals surface area (Å²) in [6, 6.07) is 15.3. The first-order valence-corrected chi connectivity index (χ1v) is 10.6. The van der Waals surface area contributed by atoms with Gasteiger partial charge in [-0.1, -0.05) is 35.3 Å². The SMILES string of the molecule is Cc1ccc(C(=O)NNC(=O)c2c(Cl)cccc2Cl)cc1Nc1nccc(-c2ccc[nH]2)n1. The highest BCUT2D eigenvalue weighted by Crippen LogP contribution is 2.24. The number of benzene rings is 2. The molecule has 166 valence electrons. The van der Waals surface area contributed by atoms with Crippen LogP contribution in [0.4, 0.5) is 11.6 Å². The lowest BCUT2D eigenvalue weighted by Gasteiger charge is -2.12. The minimum Gasteiger partial charge on any atom is -0.360 e. The molecule has 0 aliphatic heterocycles. The molecule has 0 saturated carbocycles. The number of nitrogens with zero attached hydrogens (tertiary/aromatic N) is 2. The topological polar surface area (TPSA) is 112 Å². The third-order valence-corrected chi connectivity index (χ3v) is 5.39. The van der Waals surface area contributed by atoms with Crippen molar-refractivity contribution in [2.45, 2.75) is 6.92 Å². The van der Waals surface area contributed by atoms with Crippen molar-refractivity contribution in [3.63, 3.8) is 0 Å². The number of aryl methyl sites for hydroxylation is 1. The summed E-state index contributed by atoms with van der Waals surface area (Å²) >= 11 is 12.1. The molecule has 0 aliphatic rings. The van der Waals surface area contributed by atoms with Crippen molar-refractivity contribution < 1.29 is 9.59 Å². The number of rotatable bonds is 5. The first-order valence-electron chi connectivity index (χ1n) is 9.81. The van der Waals surface area contributed by atoms with Gasteiger partial charge in [-0.15, -0.1) is 0 Å². The Kier molecular flexibility index (Phi) is 6.58. The monoisotopic (exact) mass is 480 g/mol. The number of aromatic nitrogens is 3. The van der Waals surface area contributed by atoms with Gasteiger partial charge in [-0.25, -0.2) is 9.97 Å². The predicted molar refractivity (Wildman–Crippen MR) is 128 cm³/mol. The quantitative estimate of drug-likeness (QED) is 0.303. The van der Waals surface area contributed by atoms with Gasteiger partial charge in [-0.3, -0.25) is 20.4 Å². The Bertz CT molecular complexity index is 1300. The van der Waals surface area contributed by atoms with Crippen molar-refractivity contribution >= 4 is 46.7 Å². The molecule has 2 aromatic carbocycles. The van der Waals surface area contributed by atoms with E-state index in [0.29, 0.717) is 17.2 Å². The second-order valence-corrected chi connectivity index (χ2v) is 7.82. The highest BCUT2D eigenvalue weighted by Gasteiger charge is 2.16. The minimum atomic E-state index is -0.626.